The van der Waals surface area contributed by atoms with E-state index in [1.165, 1.54) is 4.90 Å². The number of hydrogen-bond acceptors (Lipinski definition) is 5. The lowest BCUT2D eigenvalue weighted by molar-refractivity contribution is -0.146. The summed E-state index contributed by atoms with van der Waals surface area (Å²) in [6.07, 6.45) is 0.682. The Hall–Kier alpha value is -4.41. The summed E-state index contributed by atoms with van der Waals surface area (Å²) >= 11 is 12.3. The third kappa shape index (κ3) is 8.44. The van der Waals surface area contributed by atoms with E-state index in [0.29, 0.717) is 35.2 Å². The number of halogens is 2. The van der Waals surface area contributed by atoms with E-state index in [0.717, 1.165) is 11.1 Å². The predicted octanol–water partition coefficient (Wildman–Crippen LogP) is 4.85. The Kier molecular flexibility index (Phi) is 11.8. The number of guanidine groups is 1. The quantitative estimate of drug-likeness (QED) is 0.109. The maximum Gasteiger partial charge on any atom is 0.240 e. The summed E-state index contributed by atoms with van der Waals surface area (Å²) in [4.78, 5) is 61.6. The van der Waals surface area contributed by atoms with Crippen molar-refractivity contribution in [3.05, 3.63) is 99.5 Å². The van der Waals surface area contributed by atoms with Gasteiger partial charge >= 0.3 is 0 Å². The first-order valence-electron chi connectivity index (χ1n) is 15.0. The third-order valence-corrected chi connectivity index (χ3v) is 8.75. The smallest absolute Gasteiger partial charge is 0.240 e. The average Bonchev–Trinajstić information content (AvgIpc) is 3.04. The van der Waals surface area contributed by atoms with E-state index in [-0.39, 0.29) is 36.5 Å². The molecule has 0 bridgehead atoms. The minimum absolute atomic E-state index is 0.0716. The fourth-order valence-electron chi connectivity index (χ4n) is 5.64. The number of benzene rings is 3. The number of aliphatic imine (C=N–C) groups is 1. The Morgan fingerprint density at radius 1 is 0.957 bits per heavy atom. The molecule has 1 aliphatic heterocycles. The highest BCUT2D eigenvalue weighted by Gasteiger charge is 2.45. The Morgan fingerprint density at radius 2 is 1.65 bits per heavy atom. The number of nitrogens with one attached hydrogen (secondary N) is 1. The van der Waals surface area contributed by atoms with Crippen LogP contribution in [-0.4, -0.2) is 65.9 Å². The number of nitrogens with two attached hydrogens (primary N) is 2. The largest absolute Gasteiger partial charge is 0.370 e. The van der Waals surface area contributed by atoms with E-state index < -0.39 is 35.7 Å². The molecule has 242 valence electrons. The van der Waals surface area contributed by atoms with Crippen molar-refractivity contribution in [1.29, 1.82) is 0 Å². The van der Waals surface area contributed by atoms with Crippen LogP contribution in [0.3, 0.4) is 0 Å². The van der Waals surface area contributed by atoms with Crippen LogP contribution in [0, 0.1) is 5.92 Å². The molecule has 12 heteroatoms. The van der Waals surface area contributed by atoms with Gasteiger partial charge in [0.1, 0.15) is 6.04 Å². The van der Waals surface area contributed by atoms with E-state index in [2.05, 4.69) is 10.3 Å². The standard InChI is InChI=1S/C34H38Cl2N6O4/c1-41(2)34(38)39-18-8-13-25(33(46)40-23-14-15-26(35)27(36)20-23)31-24-12-7-6-11-22(24)19-28(32(37)45)42(31)30(44)17-16-29(43)21-9-4-3-5-10-21/h3-7,9-12,14-15,20,25,28,31H,8,13,16-19H2,1-2H3,(H2,37,45)(H2,38,39)(H,40,46)/t25-,28?,31?/m0/s1. The molecule has 3 amide bonds. The molecule has 0 radical (unpaired) electrons. The average molecular weight is 666 g/mol. The second-order valence-electron chi connectivity index (χ2n) is 11.4. The fourth-order valence-corrected chi connectivity index (χ4v) is 5.94. The molecule has 0 aliphatic carbocycles. The normalized spacial score (nSPS) is 16.7. The van der Waals surface area contributed by atoms with Gasteiger partial charge in [-0.1, -0.05) is 77.8 Å². The molecular formula is C34H38Cl2N6O4. The maximum atomic E-state index is 14.2. The van der Waals surface area contributed by atoms with E-state index in [9.17, 15) is 19.2 Å². The number of carbonyl (C=O) groups is 4. The maximum absolute atomic E-state index is 14.2. The number of amides is 3. The second-order valence-corrected chi connectivity index (χ2v) is 12.2. The highest BCUT2D eigenvalue weighted by Crippen LogP contribution is 2.41. The summed E-state index contributed by atoms with van der Waals surface area (Å²) in [6.45, 7) is 0.327. The summed E-state index contributed by atoms with van der Waals surface area (Å²) in [5, 5.41) is 3.52. The molecule has 2 unspecified atom stereocenters. The van der Waals surface area contributed by atoms with Gasteiger partial charge in [0.15, 0.2) is 11.7 Å². The van der Waals surface area contributed by atoms with Crippen LogP contribution < -0.4 is 16.8 Å². The number of nitrogens with zero attached hydrogens (tertiary/aromatic N) is 3. The van der Waals surface area contributed by atoms with Crippen LogP contribution in [0.2, 0.25) is 10.0 Å². The summed E-state index contributed by atoms with van der Waals surface area (Å²) in [6, 6.07) is 18.9. The first-order chi connectivity index (χ1) is 22.0. The minimum atomic E-state index is -1.03. The highest BCUT2D eigenvalue weighted by atomic mass is 35.5. The molecule has 0 saturated carbocycles. The molecule has 0 saturated heterocycles. The number of rotatable bonds is 12. The molecule has 46 heavy (non-hydrogen) atoms. The monoisotopic (exact) mass is 664 g/mol. The lowest BCUT2D eigenvalue weighted by Gasteiger charge is -2.45. The van der Waals surface area contributed by atoms with Gasteiger partial charge in [0, 0.05) is 51.2 Å². The lowest BCUT2D eigenvalue weighted by Crippen LogP contribution is -2.56. The topological polar surface area (TPSA) is 151 Å². The molecule has 0 fully saturated rings. The number of hydrogen-bond donors (Lipinski definition) is 3. The summed E-state index contributed by atoms with van der Waals surface area (Å²) in [5.74, 6) is -2.25. The first-order valence-corrected chi connectivity index (χ1v) is 15.7. The molecule has 0 aromatic heterocycles. The fraction of sp³-hybridized carbons (Fsp3) is 0.324. The zero-order valence-corrected chi connectivity index (χ0v) is 27.3. The minimum Gasteiger partial charge on any atom is -0.370 e. The zero-order valence-electron chi connectivity index (χ0n) is 25.8. The molecule has 5 N–H and O–H groups in total. The zero-order chi connectivity index (χ0) is 33.4. The molecule has 1 aliphatic rings. The van der Waals surface area contributed by atoms with Gasteiger partial charge in [0.05, 0.1) is 22.0 Å². The molecule has 3 aromatic carbocycles. The van der Waals surface area contributed by atoms with Gasteiger partial charge in [-0.3, -0.25) is 24.2 Å². The first kappa shape index (κ1) is 34.5. The van der Waals surface area contributed by atoms with E-state index in [1.54, 1.807) is 67.5 Å². The van der Waals surface area contributed by atoms with E-state index in [4.69, 9.17) is 34.7 Å². The van der Waals surface area contributed by atoms with Crippen molar-refractivity contribution in [2.24, 2.45) is 22.4 Å². The SMILES string of the molecule is CN(C)C(N)=NCCC[C@H](C(=O)Nc1ccc(Cl)c(Cl)c1)C1c2ccccc2CC(C(N)=O)N1C(=O)CCC(=O)c1ccccc1. The van der Waals surface area contributed by atoms with Crippen LogP contribution in [-0.2, 0) is 20.8 Å². The molecule has 0 spiro atoms. The van der Waals surface area contributed by atoms with Crippen LogP contribution in [0.25, 0.3) is 0 Å². The van der Waals surface area contributed by atoms with Crippen molar-refractivity contribution in [1.82, 2.24) is 9.80 Å². The molecule has 3 aromatic rings. The Morgan fingerprint density at radius 3 is 2.33 bits per heavy atom. The third-order valence-electron chi connectivity index (χ3n) is 8.01. The van der Waals surface area contributed by atoms with Crippen molar-refractivity contribution in [3.63, 3.8) is 0 Å². The van der Waals surface area contributed by atoms with Crippen molar-refractivity contribution in [2.45, 2.75) is 44.2 Å². The number of primary amides is 1. The number of anilines is 1. The second kappa shape index (κ2) is 15.7. The molecule has 1 heterocycles. The van der Waals surface area contributed by atoms with Gasteiger partial charge in [0.25, 0.3) is 0 Å². The molecule has 3 atom stereocenters. The number of carbonyl (C=O) groups excluding carboxylic acids is 4. The lowest BCUT2D eigenvalue weighted by atomic mass is 9.79. The van der Waals surface area contributed by atoms with Crippen molar-refractivity contribution in [2.75, 3.05) is 26.0 Å². The number of fused-ring (bicyclic) bond motifs is 1. The van der Waals surface area contributed by atoms with Crippen LogP contribution >= 0.6 is 23.2 Å². The van der Waals surface area contributed by atoms with Crippen molar-refractivity contribution in [3.8, 4) is 0 Å². The summed E-state index contributed by atoms with van der Waals surface area (Å²) in [5.41, 5.74) is 14.3. The Bertz CT molecular complexity index is 1610. The van der Waals surface area contributed by atoms with E-state index in [1.807, 2.05) is 24.3 Å². The van der Waals surface area contributed by atoms with Gasteiger partial charge in [-0.15, -0.1) is 0 Å². The van der Waals surface area contributed by atoms with Crippen molar-refractivity contribution >= 4 is 58.4 Å². The van der Waals surface area contributed by atoms with Crippen molar-refractivity contribution < 1.29 is 19.2 Å². The molecule has 10 nitrogen and oxygen atoms in total. The molecular weight excluding hydrogens is 627 g/mol. The summed E-state index contributed by atoms with van der Waals surface area (Å²) in [7, 11) is 3.56. The van der Waals surface area contributed by atoms with Gasteiger partial charge < -0.3 is 26.6 Å². The van der Waals surface area contributed by atoms with Crippen LogP contribution in [0.15, 0.2) is 77.8 Å². The molecule has 4 rings (SSSR count). The highest BCUT2D eigenvalue weighted by molar-refractivity contribution is 6.42. The van der Waals surface area contributed by atoms with E-state index >= 15 is 0 Å². The van der Waals surface area contributed by atoms with Crippen LogP contribution in [0.4, 0.5) is 5.69 Å². The van der Waals surface area contributed by atoms with Crippen LogP contribution in [0.5, 0.6) is 0 Å². The van der Waals surface area contributed by atoms with Gasteiger partial charge in [0.2, 0.25) is 17.7 Å². The predicted molar refractivity (Wildman–Crippen MR) is 181 cm³/mol. The van der Waals surface area contributed by atoms with Gasteiger partial charge in [-0.05, 0) is 42.2 Å². The van der Waals surface area contributed by atoms with Crippen LogP contribution in [0.1, 0.15) is 53.2 Å². The van der Waals surface area contributed by atoms with Gasteiger partial charge in [-0.25, -0.2) is 0 Å². The summed E-state index contributed by atoms with van der Waals surface area (Å²) < 4.78 is 0. The number of Topliss-reactive ketones (excluding diaryl/α,β-unsaturated/α-hetero) is 1. The van der Waals surface area contributed by atoms with Gasteiger partial charge in [-0.2, -0.15) is 0 Å². The Labute approximate surface area is 278 Å². The Balaban J connectivity index is 1.73. The number of ketones is 1.